The van der Waals surface area contributed by atoms with Crippen molar-refractivity contribution >= 4 is 29.0 Å². The number of carbonyl (C=O) groups is 2. The first-order valence-corrected chi connectivity index (χ1v) is 9.74. The zero-order chi connectivity index (χ0) is 20.6. The Morgan fingerprint density at radius 1 is 1.00 bits per heavy atom. The summed E-state index contributed by atoms with van der Waals surface area (Å²) >= 11 is 5.95. The molecule has 3 aromatic rings. The van der Waals surface area contributed by atoms with Crippen LogP contribution in [-0.2, 0) is 16.9 Å². The van der Waals surface area contributed by atoms with E-state index < -0.39 is 11.5 Å². The van der Waals surface area contributed by atoms with Crippen LogP contribution in [0.3, 0.4) is 0 Å². The van der Waals surface area contributed by atoms with Crippen LogP contribution in [0.4, 0.5) is 5.69 Å². The molecule has 1 atom stereocenters. The third kappa shape index (κ3) is 3.57. The van der Waals surface area contributed by atoms with Crippen LogP contribution in [0.1, 0.15) is 33.5 Å². The van der Waals surface area contributed by atoms with E-state index in [2.05, 4.69) is 0 Å². The summed E-state index contributed by atoms with van der Waals surface area (Å²) < 4.78 is 0. The Hall–Kier alpha value is -2.95. The van der Waals surface area contributed by atoms with E-state index >= 15 is 0 Å². The van der Waals surface area contributed by atoms with Gasteiger partial charge in [-0.3, -0.25) is 9.59 Å². The van der Waals surface area contributed by atoms with Crippen molar-refractivity contribution in [3.8, 4) is 0 Å². The Bertz CT molecular complexity index is 1080. The van der Waals surface area contributed by atoms with Crippen LogP contribution in [0.25, 0.3) is 0 Å². The second-order valence-corrected chi connectivity index (χ2v) is 7.80. The van der Waals surface area contributed by atoms with Crippen molar-refractivity contribution in [3.63, 3.8) is 0 Å². The maximum Gasteiger partial charge on any atom is 0.264 e. The molecule has 4 rings (SSSR count). The standard InChI is InChI=1S/C24H20ClNO3/c1-16-6-10-18(11-7-16)22(27)14-24(29)20-4-2-3-5-21(20)26(23(24)28)15-17-8-12-19(25)13-9-17/h2-13,29H,14-15H2,1H3/t24-/m1/s1. The Morgan fingerprint density at radius 2 is 1.66 bits per heavy atom. The summed E-state index contributed by atoms with van der Waals surface area (Å²) in [5.41, 5.74) is 1.59. The molecule has 4 nitrogen and oxygen atoms in total. The van der Waals surface area contributed by atoms with Crippen LogP contribution >= 0.6 is 11.6 Å². The summed E-state index contributed by atoms with van der Waals surface area (Å²) in [6.45, 7) is 2.22. The SMILES string of the molecule is Cc1ccc(C(=O)C[C@]2(O)C(=O)N(Cc3ccc(Cl)cc3)c3ccccc32)cc1. The van der Waals surface area contributed by atoms with Gasteiger partial charge < -0.3 is 10.0 Å². The Balaban J connectivity index is 1.66. The lowest BCUT2D eigenvalue weighted by Gasteiger charge is -2.23. The number of benzene rings is 3. The van der Waals surface area contributed by atoms with Gasteiger partial charge >= 0.3 is 0 Å². The maximum atomic E-state index is 13.3. The van der Waals surface area contributed by atoms with Gasteiger partial charge in [-0.2, -0.15) is 0 Å². The quantitative estimate of drug-likeness (QED) is 0.628. The number of aryl methyl sites for hydroxylation is 1. The predicted molar refractivity (Wildman–Crippen MR) is 113 cm³/mol. The van der Waals surface area contributed by atoms with Crippen molar-refractivity contribution in [1.29, 1.82) is 0 Å². The molecule has 1 aliphatic rings. The summed E-state index contributed by atoms with van der Waals surface area (Å²) in [7, 11) is 0. The number of aliphatic hydroxyl groups is 1. The zero-order valence-electron chi connectivity index (χ0n) is 15.9. The van der Waals surface area contributed by atoms with Gasteiger partial charge in [-0.15, -0.1) is 0 Å². The van der Waals surface area contributed by atoms with E-state index in [4.69, 9.17) is 11.6 Å². The molecule has 0 unspecified atom stereocenters. The van der Waals surface area contributed by atoms with E-state index in [9.17, 15) is 14.7 Å². The molecule has 0 aliphatic carbocycles. The van der Waals surface area contributed by atoms with Crippen LogP contribution in [-0.4, -0.2) is 16.8 Å². The smallest absolute Gasteiger partial charge is 0.264 e. The number of nitrogens with zero attached hydrogens (tertiary/aromatic N) is 1. The molecule has 29 heavy (non-hydrogen) atoms. The van der Waals surface area contributed by atoms with Crippen LogP contribution in [0.5, 0.6) is 0 Å². The largest absolute Gasteiger partial charge is 0.375 e. The molecule has 0 fully saturated rings. The number of fused-ring (bicyclic) bond motifs is 1. The summed E-state index contributed by atoms with van der Waals surface area (Å²) in [5.74, 6) is -0.766. The van der Waals surface area contributed by atoms with Crippen molar-refractivity contribution < 1.29 is 14.7 Å². The minimum Gasteiger partial charge on any atom is -0.375 e. The van der Waals surface area contributed by atoms with E-state index in [1.807, 2.05) is 37.3 Å². The van der Waals surface area contributed by atoms with Crippen LogP contribution in [0.2, 0.25) is 5.02 Å². The van der Waals surface area contributed by atoms with Gasteiger partial charge in [0.2, 0.25) is 0 Å². The molecule has 146 valence electrons. The third-order valence-electron chi connectivity index (χ3n) is 5.28. The summed E-state index contributed by atoms with van der Waals surface area (Å²) in [5, 5.41) is 12.0. The number of rotatable bonds is 5. The van der Waals surface area contributed by atoms with E-state index in [1.54, 1.807) is 42.5 Å². The zero-order valence-corrected chi connectivity index (χ0v) is 16.7. The van der Waals surface area contributed by atoms with Crippen molar-refractivity contribution in [2.24, 2.45) is 0 Å². The number of para-hydroxylation sites is 1. The first-order valence-electron chi connectivity index (χ1n) is 9.37. The molecular weight excluding hydrogens is 386 g/mol. The third-order valence-corrected chi connectivity index (χ3v) is 5.54. The van der Waals surface area contributed by atoms with Crippen LogP contribution in [0, 0.1) is 6.92 Å². The van der Waals surface area contributed by atoms with E-state index in [0.29, 0.717) is 21.8 Å². The highest BCUT2D eigenvalue weighted by atomic mass is 35.5. The average Bonchev–Trinajstić information content (AvgIpc) is 2.92. The topological polar surface area (TPSA) is 57.6 Å². The highest BCUT2D eigenvalue weighted by Crippen LogP contribution is 2.43. The van der Waals surface area contributed by atoms with Crippen molar-refractivity contribution in [2.45, 2.75) is 25.5 Å². The molecule has 1 aliphatic heterocycles. The second-order valence-electron chi connectivity index (χ2n) is 7.36. The van der Waals surface area contributed by atoms with Gasteiger partial charge in [-0.1, -0.05) is 71.8 Å². The molecule has 1 N–H and O–H groups in total. The van der Waals surface area contributed by atoms with Crippen molar-refractivity contribution in [1.82, 2.24) is 0 Å². The van der Waals surface area contributed by atoms with Crippen LogP contribution < -0.4 is 4.90 Å². The van der Waals surface area contributed by atoms with Gasteiger partial charge in [0.05, 0.1) is 18.7 Å². The molecule has 1 heterocycles. The molecule has 0 bridgehead atoms. The number of ketones is 1. The van der Waals surface area contributed by atoms with E-state index in [1.165, 1.54) is 4.90 Å². The van der Waals surface area contributed by atoms with Gasteiger partial charge in [0, 0.05) is 16.1 Å². The number of amides is 1. The van der Waals surface area contributed by atoms with Gasteiger partial charge in [0.15, 0.2) is 11.4 Å². The number of anilines is 1. The van der Waals surface area contributed by atoms with Crippen molar-refractivity contribution in [2.75, 3.05) is 4.90 Å². The van der Waals surface area contributed by atoms with Gasteiger partial charge in [0.1, 0.15) is 0 Å². The maximum absolute atomic E-state index is 13.3. The number of halogens is 1. The summed E-state index contributed by atoms with van der Waals surface area (Å²) in [4.78, 5) is 27.6. The fourth-order valence-electron chi connectivity index (χ4n) is 3.68. The fourth-order valence-corrected chi connectivity index (χ4v) is 3.81. The molecule has 3 aromatic carbocycles. The fraction of sp³-hybridized carbons (Fsp3) is 0.167. The first kappa shape index (κ1) is 19.4. The first-order chi connectivity index (χ1) is 13.9. The molecule has 5 heteroatoms. The Kier molecular flexibility index (Phi) is 4.99. The lowest BCUT2D eigenvalue weighted by Crippen LogP contribution is -2.41. The van der Waals surface area contributed by atoms with Gasteiger partial charge in [-0.25, -0.2) is 0 Å². The molecule has 0 spiro atoms. The lowest BCUT2D eigenvalue weighted by molar-refractivity contribution is -0.136. The number of Topliss-reactive ketones (excluding diaryl/α,β-unsaturated/α-hetero) is 1. The predicted octanol–water partition coefficient (Wildman–Crippen LogP) is 4.66. The molecule has 1 amide bonds. The average molecular weight is 406 g/mol. The van der Waals surface area contributed by atoms with E-state index in [0.717, 1.165) is 11.1 Å². The summed E-state index contributed by atoms with van der Waals surface area (Å²) in [6, 6.07) is 21.4. The molecule has 0 saturated carbocycles. The minimum atomic E-state index is -1.88. The Labute approximate surface area is 174 Å². The summed E-state index contributed by atoms with van der Waals surface area (Å²) in [6.07, 6.45) is -0.303. The molecule has 0 radical (unpaired) electrons. The van der Waals surface area contributed by atoms with Gasteiger partial charge in [-0.05, 0) is 30.7 Å². The van der Waals surface area contributed by atoms with Crippen LogP contribution in [0.15, 0.2) is 72.8 Å². The molecule has 0 saturated heterocycles. The number of hydrogen-bond acceptors (Lipinski definition) is 3. The Morgan fingerprint density at radius 3 is 2.34 bits per heavy atom. The normalized spacial score (nSPS) is 18.0. The monoisotopic (exact) mass is 405 g/mol. The highest BCUT2D eigenvalue weighted by molar-refractivity contribution is 6.30. The highest BCUT2D eigenvalue weighted by Gasteiger charge is 2.50. The van der Waals surface area contributed by atoms with Crippen molar-refractivity contribution in [3.05, 3.63) is 100 Å². The second kappa shape index (κ2) is 7.47. The molecular formula is C24H20ClNO3. The van der Waals surface area contributed by atoms with Gasteiger partial charge in [0.25, 0.3) is 5.91 Å². The lowest BCUT2D eigenvalue weighted by atomic mass is 9.88. The number of hydrogen-bond donors (Lipinski definition) is 1. The number of carbonyl (C=O) groups excluding carboxylic acids is 2. The molecule has 0 aromatic heterocycles. The van der Waals surface area contributed by atoms with E-state index in [-0.39, 0.29) is 18.7 Å². The minimum absolute atomic E-state index is 0.274.